The molecule has 0 aromatic carbocycles. The highest BCUT2D eigenvalue weighted by molar-refractivity contribution is 5.67. The first kappa shape index (κ1) is 14.9. The van der Waals surface area contributed by atoms with Crippen LogP contribution in [0.4, 0.5) is 0 Å². The molecule has 0 aromatic rings. The Hall–Kier alpha value is -0.570. The average molecular weight is 190 g/mol. The van der Waals surface area contributed by atoms with E-state index in [2.05, 4.69) is 13.8 Å². The SMILES string of the molecule is CCCCCCCC.O=C(O)CO. The van der Waals surface area contributed by atoms with E-state index in [0.717, 1.165) is 0 Å². The molecular formula is C10H22O3. The van der Waals surface area contributed by atoms with Gasteiger partial charge in [-0.1, -0.05) is 52.4 Å². The summed E-state index contributed by atoms with van der Waals surface area (Å²) in [5.41, 5.74) is 0. The number of aliphatic hydroxyl groups is 1. The van der Waals surface area contributed by atoms with Crippen LogP contribution >= 0.6 is 0 Å². The highest BCUT2D eigenvalue weighted by Gasteiger charge is 1.83. The fraction of sp³-hybridized carbons (Fsp3) is 0.900. The van der Waals surface area contributed by atoms with Gasteiger partial charge in [-0.25, -0.2) is 4.79 Å². The van der Waals surface area contributed by atoms with Gasteiger partial charge in [0.15, 0.2) is 0 Å². The molecular weight excluding hydrogens is 168 g/mol. The minimum atomic E-state index is -1.19. The molecule has 0 heterocycles. The molecule has 0 aromatic heterocycles. The molecule has 80 valence electrons. The summed E-state index contributed by atoms with van der Waals surface area (Å²) in [5.74, 6) is -1.19. The number of unbranched alkanes of at least 4 members (excludes halogenated alkanes) is 5. The van der Waals surface area contributed by atoms with Crippen molar-refractivity contribution in [3.63, 3.8) is 0 Å². The zero-order chi connectivity index (χ0) is 10.5. The molecule has 3 nitrogen and oxygen atoms in total. The Balaban J connectivity index is 0. The van der Waals surface area contributed by atoms with E-state index in [4.69, 9.17) is 15.0 Å². The highest BCUT2D eigenvalue weighted by atomic mass is 16.4. The maximum Gasteiger partial charge on any atom is 0.329 e. The first-order valence-corrected chi connectivity index (χ1v) is 5.01. The summed E-state index contributed by atoms with van der Waals surface area (Å²) >= 11 is 0. The van der Waals surface area contributed by atoms with Gasteiger partial charge in [-0.3, -0.25) is 0 Å². The van der Waals surface area contributed by atoms with Gasteiger partial charge >= 0.3 is 5.97 Å². The van der Waals surface area contributed by atoms with E-state index < -0.39 is 12.6 Å². The van der Waals surface area contributed by atoms with Crippen LogP contribution < -0.4 is 0 Å². The van der Waals surface area contributed by atoms with E-state index in [-0.39, 0.29) is 0 Å². The Morgan fingerprint density at radius 3 is 1.46 bits per heavy atom. The molecule has 0 bridgehead atoms. The van der Waals surface area contributed by atoms with Crippen molar-refractivity contribution in [3.8, 4) is 0 Å². The third-order valence-corrected chi connectivity index (χ3v) is 1.59. The molecule has 3 heteroatoms. The molecule has 0 aliphatic carbocycles. The smallest absolute Gasteiger partial charge is 0.329 e. The molecule has 0 saturated heterocycles. The Bertz CT molecular complexity index is 96.3. The summed E-state index contributed by atoms with van der Waals surface area (Å²) in [7, 11) is 0. The number of aliphatic carboxylic acids is 1. The Morgan fingerprint density at radius 1 is 1.00 bits per heavy atom. The molecule has 0 amide bonds. The molecule has 0 unspecified atom stereocenters. The maximum atomic E-state index is 9.12. The number of hydrogen-bond acceptors (Lipinski definition) is 2. The quantitative estimate of drug-likeness (QED) is 0.632. The van der Waals surface area contributed by atoms with E-state index in [0.29, 0.717) is 0 Å². The minimum Gasteiger partial charge on any atom is -0.480 e. The van der Waals surface area contributed by atoms with Crippen molar-refractivity contribution in [2.45, 2.75) is 52.4 Å². The van der Waals surface area contributed by atoms with Crippen LogP contribution in [0.5, 0.6) is 0 Å². The van der Waals surface area contributed by atoms with Gasteiger partial charge in [0, 0.05) is 0 Å². The van der Waals surface area contributed by atoms with Crippen molar-refractivity contribution in [2.75, 3.05) is 6.61 Å². The molecule has 13 heavy (non-hydrogen) atoms. The van der Waals surface area contributed by atoms with Crippen molar-refractivity contribution in [1.82, 2.24) is 0 Å². The van der Waals surface area contributed by atoms with E-state index >= 15 is 0 Å². The summed E-state index contributed by atoms with van der Waals surface area (Å²) in [6.07, 6.45) is 8.49. The van der Waals surface area contributed by atoms with Crippen LogP contribution in [0.2, 0.25) is 0 Å². The van der Waals surface area contributed by atoms with Crippen molar-refractivity contribution in [2.24, 2.45) is 0 Å². The van der Waals surface area contributed by atoms with Crippen molar-refractivity contribution in [1.29, 1.82) is 0 Å². The lowest BCUT2D eigenvalue weighted by molar-refractivity contribution is -0.140. The molecule has 0 fully saturated rings. The summed E-state index contributed by atoms with van der Waals surface area (Å²) in [6, 6.07) is 0. The lowest BCUT2D eigenvalue weighted by Gasteiger charge is -1.93. The fourth-order valence-corrected chi connectivity index (χ4v) is 0.854. The summed E-state index contributed by atoms with van der Waals surface area (Å²) < 4.78 is 0. The lowest BCUT2D eigenvalue weighted by atomic mass is 10.1. The van der Waals surface area contributed by atoms with Gasteiger partial charge in [-0.15, -0.1) is 0 Å². The van der Waals surface area contributed by atoms with Crippen molar-refractivity contribution < 1.29 is 15.0 Å². The van der Waals surface area contributed by atoms with Gasteiger partial charge in [-0.05, 0) is 0 Å². The first-order valence-electron chi connectivity index (χ1n) is 5.01. The maximum absolute atomic E-state index is 9.12. The molecule has 0 aliphatic rings. The normalized spacial score (nSPS) is 8.85. The molecule has 0 saturated carbocycles. The minimum absolute atomic E-state index is 0.778. The highest BCUT2D eigenvalue weighted by Crippen LogP contribution is 2.03. The number of aliphatic hydroxyl groups excluding tert-OH is 1. The zero-order valence-electron chi connectivity index (χ0n) is 8.75. The summed E-state index contributed by atoms with van der Waals surface area (Å²) in [6.45, 7) is 3.73. The van der Waals surface area contributed by atoms with Crippen LogP contribution in [-0.2, 0) is 4.79 Å². The predicted octanol–water partition coefficient (Wildman–Crippen LogP) is 2.43. The van der Waals surface area contributed by atoms with E-state index in [1.165, 1.54) is 38.5 Å². The molecule has 2 N–H and O–H groups in total. The zero-order valence-corrected chi connectivity index (χ0v) is 8.75. The Kier molecular flexibility index (Phi) is 16.1. The van der Waals surface area contributed by atoms with Crippen molar-refractivity contribution >= 4 is 5.97 Å². The van der Waals surface area contributed by atoms with E-state index in [1.54, 1.807) is 0 Å². The lowest BCUT2D eigenvalue weighted by Crippen LogP contribution is -1.98. The number of carboxylic acids is 1. The molecule has 0 rings (SSSR count). The second-order valence-electron chi connectivity index (χ2n) is 2.97. The molecule has 0 atom stereocenters. The van der Waals surface area contributed by atoms with Crippen LogP contribution in [0.25, 0.3) is 0 Å². The second kappa shape index (κ2) is 14.0. The van der Waals surface area contributed by atoms with Gasteiger partial charge in [0.05, 0.1) is 0 Å². The van der Waals surface area contributed by atoms with E-state index in [9.17, 15) is 0 Å². The Labute approximate surface area is 80.8 Å². The third kappa shape index (κ3) is 24.6. The first-order chi connectivity index (χ1) is 6.18. The standard InChI is InChI=1S/C8H18.C2H4O3/c1-3-5-7-8-6-4-2;3-1-2(4)5/h3-8H2,1-2H3;3H,1H2,(H,4,5). The number of carbonyl (C=O) groups is 1. The summed E-state index contributed by atoms with van der Waals surface area (Å²) in [4.78, 5) is 9.12. The van der Waals surface area contributed by atoms with Crippen LogP contribution in [0, 0.1) is 0 Å². The van der Waals surface area contributed by atoms with Crippen LogP contribution in [-0.4, -0.2) is 22.8 Å². The monoisotopic (exact) mass is 190 g/mol. The van der Waals surface area contributed by atoms with Crippen molar-refractivity contribution in [3.05, 3.63) is 0 Å². The predicted molar refractivity (Wildman–Crippen MR) is 53.8 cm³/mol. The van der Waals surface area contributed by atoms with Gasteiger partial charge in [0.2, 0.25) is 0 Å². The Morgan fingerprint density at radius 2 is 1.31 bits per heavy atom. The summed E-state index contributed by atoms with van der Waals surface area (Å²) in [5, 5.41) is 15.0. The topological polar surface area (TPSA) is 57.5 Å². The van der Waals surface area contributed by atoms with Gasteiger partial charge in [-0.2, -0.15) is 0 Å². The molecule has 0 radical (unpaired) electrons. The fourth-order valence-electron chi connectivity index (χ4n) is 0.854. The number of rotatable bonds is 6. The van der Waals surface area contributed by atoms with Crippen LogP contribution in [0.1, 0.15) is 52.4 Å². The van der Waals surface area contributed by atoms with Gasteiger partial charge in [0.25, 0.3) is 0 Å². The number of hydrogen-bond donors (Lipinski definition) is 2. The number of carboxylic acid groups (broad SMARTS) is 1. The van der Waals surface area contributed by atoms with E-state index in [1.807, 2.05) is 0 Å². The van der Waals surface area contributed by atoms with Gasteiger partial charge in [0.1, 0.15) is 6.61 Å². The third-order valence-electron chi connectivity index (χ3n) is 1.59. The van der Waals surface area contributed by atoms with Crippen LogP contribution in [0.15, 0.2) is 0 Å². The largest absolute Gasteiger partial charge is 0.480 e. The molecule has 0 aliphatic heterocycles. The van der Waals surface area contributed by atoms with Crippen LogP contribution in [0.3, 0.4) is 0 Å². The van der Waals surface area contributed by atoms with Gasteiger partial charge < -0.3 is 10.2 Å². The second-order valence-corrected chi connectivity index (χ2v) is 2.97. The molecule has 0 spiro atoms. The average Bonchev–Trinajstić information content (AvgIpc) is 2.14.